The SMILES string of the molecule is CN=C(NCc1nc(C(F)(F)F)cs1)NCC(C)(C)c1cccc(F)c1. The maximum atomic E-state index is 13.4. The van der Waals surface area contributed by atoms with E-state index < -0.39 is 11.9 Å². The molecule has 142 valence electrons. The number of nitrogens with zero attached hydrogens (tertiary/aromatic N) is 2. The molecule has 0 atom stereocenters. The van der Waals surface area contributed by atoms with Crippen molar-refractivity contribution in [3.63, 3.8) is 0 Å². The third-order valence-electron chi connectivity index (χ3n) is 3.78. The molecule has 0 aliphatic rings. The van der Waals surface area contributed by atoms with Crippen molar-refractivity contribution in [1.29, 1.82) is 0 Å². The standard InChI is InChI=1S/C17H20F4N4S/c1-16(2,11-5-4-6-12(18)7-11)10-24-15(22-3)23-8-14-25-13(9-26-14)17(19,20)21/h4-7,9H,8,10H2,1-3H3,(H2,22,23,24). The molecule has 0 amide bonds. The summed E-state index contributed by atoms with van der Waals surface area (Å²) < 4.78 is 51.1. The van der Waals surface area contributed by atoms with Crippen LogP contribution < -0.4 is 10.6 Å². The molecule has 1 aromatic heterocycles. The summed E-state index contributed by atoms with van der Waals surface area (Å²) in [6.45, 7) is 4.50. The minimum Gasteiger partial charge on any atom is -0.356 e. The van der Waals surface area contributed by atoms with E-state index in [1.54, 1.807) is 13.1 Å². The number of aromatic nitrogens is 1. The highest BCUT2D eigenvalue weighted by atomic mass is 32.1. The zero-order chi connectivity index (χ0) is 19.4. The first-order valence-electron chi connectivity index (χ1n) is 7.84. The Hall–Kier alpha value is -2.16. The average molecular weight is 388 g/mol. The number of aliphatic imine (C=N–C) groups is 1. The second-order valence-corrected chi connectivity index (χ2v) is 7.24. The largest absolute Gasteiger partial charge is 0.434 e. The minimum atomic E-state index is -4.44. The predicted molar refractivity (Wildman–Crippen MR) is 94.7 cm³/mol. The molecule has 0 radical (unpaired) electrons. The topological polar surface area (TPSA) is 49.3 Å². The van der Waals surface area contributed by atoms with E-state index in [9.17, 15) is 17.6 Å². The first-order valence-corrected chi connectivity index (χ1v) is 8.72. The van der Waals surface area contributed by atoms with Gasteiger partial charge in [0.1, 0.15) is 10.8 Å². The van der Waals surface area contributed by atoms with Crippen molar-refractivity contribution < 1.29 is 17.6 Å². The summed E-state index contributed by atoms with van der Waals surface area (Å²) in [5.41, 5.74) is -0.436. The Morgan fingerprint density at radius 3 is 2.54 bits per heavy atom. The van der Waals surface area contributed by atoms with Crippen molar-refractivity contribution in [1.82, 2.24) is 15.6 Å². The molecule has 0 spiro atoms. The van der Waals surface area contributed by atoms with E-state index in [1.165, 1.54) is 12.1 Å². The molecule has 2 aromatic rings. The Morgan fingerprint density at radius 1 is 1.23 bits per heavy atom. The summed E-state index contributed by atoms with van der Waals surface area (Å²) in [4.78, 5) is 7.61. The molecule has 1 aromatic carbocycles. The number of hydrogen-bond donors (Lipinski definition) is 2. The van der Waals surface area contributed by atoms with E-state index in [1.807, 2.05) is 19.9 Å². The maximum Gasteiger partial charge on any atom is 0.434 e. The molecule has 26 heavy (non-hydrogen) atoms. The smallest absolute Gasteiger partial charge is 0.356 e. The van der Waals surface area contributed by atoms with Crippen LogP contribution in [0.3, 0.4) is 0 Å². The first-order chi connectivity index (χ1) is 12.1. The van der Waals surface area contributed by atoms with Gasteiger partial charge >= 0.3 is 6.18 Å². The van der Waals surface area contributed by atoms with Gasteiger partial charge in [-0.2, -0.15) is 13.2 Å². The molecule has 0 unspecified atom stereocenters. The monoisotopic (exact) mass is 388 g/mol. The summed E-state index contributed by atoms with van der Waals surface area (Å²) in [6, 6.07) is 6.36. The van der Waals surface area contributed by atoms with Crippen molar-refractivity contribution >= 4 is 17.3 Å². The predicted octanol–water partition coefficient (Wildman–Crippen LogP) is 3.94. The van der Waals surface area contributed by atoms with E-state index in [2.05, 4.69) is 20.6 Å². The first kappa shape index (κ1) is 20.2. The number of benzene rings is 1. The van der Waals surface area contributed by atoms with E-state index >= 15 is 0 Å². The van der Waals surface area contributed by atoms with Crippen molar-refractivity contribution in [3.05, 3.63) is 51.7 Å². The van der Waals surface area contributed by atoms with Crippen LogP contribution in [-0.4, -0.2) is 24.5 Å². The second-order valence-electron chi connectivity index (χ2n) is 6.30. The van der Waals surface area contributed by atoms with Crippen LogP contribution in [0.25, 0.3) is 0 Å². The van der Waals surface area contributed by atoms with Gasteiger partial charge in [0.05, 0.1) is 6.54 Å². The lowest BCUT2D eigenvalue weighted by Crippen LogP contribution is -2.43. The van der Waals surface area contributed by atoms with Crippen LogP contribution in [0.1, 0.15) is 30.1 Å². The van der Waals surface area contributed by atoms with Crippen molar-refractivity contribution in [2.45, 2.75) is 32.0 Å². The molecule has 2 N–H and O–H groups in total. The molecule has 0 fully saturated rings. The number of nitrogens with one attached hydrogen (secondary N) is 2. The maximum absolute atomic E-state index is 13.4. The Labute approximate surface area is 153 Å². The molecule has 0 saturated heterocycles. The van der Waals surface area contributed by atoms with Gasteiger partial charge in [-0.15, -0.1) is 11.3 Å². The molecule has 0 saturated carbocycles. The van der Waals surface area contributed by atoms with E-state index in [0.29, 0.717) is 17.5 Å². The highest BCUT2D eigenvalue weighted by Gasteiger charge is 2.33. The number of guanidine groups is 1. The van der Waals surface area contributed by atoms with Crippen LogP contribution in [0, 0.1) is 5.82 Å². The molecule has 2 rings (SSSR count). The summed E-state index contributed by atoms with van der Waals surface area (Å²) >= 11 is 0.933. The van der Waals surface area contributed by atoms with E-state index in [0.717, 1.165) is 22.3 Å². The molecule has 0 aliphatic carbocycles. The van der Waals surface area contributed by atoms with Gasteiger partial charge < -0.3 is 10.6 Å². The van der Waals surface area contributed by atoms with Crippen LogP contribution in [0.2, 0.25) is 0 Å². The lowest BCUT2D eigenvalue weighted by Gasteiger charge is -2.26. The third-order valence-corrected chi connectivity index (χ3v) is 4.63. The number of thiazole rings is 1. The van der Waals surface area contributed by atoms with Gasteiger partial charge in [-0.05, 0) is 17.7 Å². The Morgan fingerprint density at radius 2 is 1.96 bits per heavy atom. The van der Waals surface area contributed by atoms with E-state index in [4.69, 9.17) is 0 Å². The Kier molecular flexibility index (Phi) is 6.22. The van der Waals surface area contributed by atoms with Crippen LogP contribution >= 0.6 is 11.3 Å². The molecule has 4 nitrogen and oxygen atoms in total. The van der Waals surface area contributed by atoms with Gasteiger partial charge in [0.25, 0.3) is 0 Å². The molecule has 1 heterocycles. The average Bonchev–Trinajstić information content (AvgIpc) is 3.04. The number of rotatable bonds is 5. The summed E-state index contributed by atoms with van der Waals surface area (Å²) in [6.07, 6.45) is -4.44. The summed E-state index contributed by atoms with van der Waals surface area (Å²) in [5.74, 6) is 0.126. The zero-order valence-electron chi connectivity index (χ0n) is 14.6. The summed E-state index contributed by atoms with van der Waals surface area (Å²) in [5, 5.41) is 7.33. The number of halogens is 4. The fraction of sp³-hybridized carbons (Fsp3) is 0.412. The fourth-order valence-corrected chi connectivity index (χ4v) is 2.96. The lowest BCUT2D eigenvalue weighted by atomic mass is 9.84. The Balaban J connectivity index is 1.92. The Bertz CT molecular complexity index is 768. The molecule has 0 aliphatic heterocycles. The van der Waals surface area contributed by atoms with Gasteiger partial charge in [0.15, 0.2) is 11.7 Å². The van der Waals surface area contributed by atoms with Crippen LogP contribution in [0.15, 0.2) is 34.6 Å². The van der Waals surface area contributed by atoms with Gasteiger partial charge in [0, 0.05) is 24.4 Å². The molecule has 9 heteroatoms. The van der Waals surface area contributed by atoms with Crippen molar-refractivity contribution in [2.24, 2.45) is 4.99 Å². The molecular formula is C17H20F4N4S. The number of alkyl halides is 3. The quantitative estimate of drug-likeness (QED) is 0.463. The van der Waals surface area contributed by atoms with Crippen molar-refractivity contribution in [3.8, 4) is 0 Å². The highest BCUT2D eigenvalue weighted by Crippen LogP contribution is 2.30. The third kappa shape index (κ3) is 5.42. The molecule has 0 bridgehead atoms. The molecular weight excluding hydrogens is 368 g/mol. The minimum absolute atomic E-state index is 0.126. The fourth-order valence-electron chi connectivity index (χ4n) is 2.22. The van der Waals surface area contributed by atoms with Crippen LogP contribution in [0.4, 0.5) is 17.6 Å². The van der Waals surface area contributed by atoms with Crippen LogP contribution in [-0.2, 0) is 18.1 Å². The zero-order valence-corrected chi connectivity index (χ0v) is 15.4. The normalized spacial score (nSPS) is 13.0. The van der Waals surface area contributed by atoms with Crippen LogP contribution in [0.5, 0.6) is 0 Å². The van der Waals surface area contributed by atoms with Gasteiger partial charge in [0.2, 0.25) is 0 Å². The van der Waals surface area contributed by atoms with E-state index in [-0.39, 0.29) is 17.8 Å². The highest BCUT2D eigenvalue weighted by molar-refractivity contribution is 7.09. The van der Waals surface area contributed by atoms with Crippen molar-refractivity contribution in [2.75, 3.05) is 13.6 Å². The van der Waals surface area contributed by atoms with Gasteiger partial charge in [-0.1, -0.05) is 26.0 Å². The number of hydrogen-bond acceptors (Lipinski definition) is 3. The summed E-state index contributed by atoms with van der Waals surface area (Å²) in [7, 11) is 1.56. The lowest BCUT2D eigenvalue weighted by molar-refractivity contribution is -0.140. The van der Waals surface area contributed by atoms with Gasteiger partial charge in [-0.3, -0.25) is 4.99 Å². The van der Waals surface area contributed by atoms with Gasteiger partial charge in [-0.25, -0.2) is 9.37 Å². The second kappa shape index (κ2) is 8.03.